The van der Waals surface area contributed by atoms with Gasteiger partial charge in [-0.05, 0) is 17.7 Å². The second-order valence-electron chi connectivity index (χ2n) is 2.84. The zero-order valence-corrected chi connectivity index (χ0v) is 8.07. The molecule has 5 heteroatoms. The highest BCUT2D eigenvalue weighted by Crippen LogP contribution is 2.01. The number of hydrogen-bond donors (Lipinski definition) is 2. The van der Waals surface area contributed by atoms with E-state index in [4.69, 9.17) is 5.11 Å². The molecule has 0 bridgehead atoms. The molecule has 0 saturated carbocycles. The maximum absolute atomic E-state index is 12.5. The molecular formula is C10H12FNO3. The second kappa shape index (κ2) is 5.98. The van der Waals surface area contributed by atoms with Crippen molar-refractivity contribution in [3.8, 4) is 0 Å². The van der Waals surface area contributed by atoms with Gasteiger partial charge in [0, 0.05) is 6.54 Å². The summed E-state index contributed by atoms with van der Waals surface area (Å²) in [6.45, 7) is 0.0315. The van der Waals surface area contributed by atoms with Gasteiger partial charge >= 0.3 is 6.09 Å². The largest absolute Gasteiger partial charge is 0.447 e. The third-order valence-electron chi connectivity index (χ3n) is 1.67. The number of carbonyl (C=O) groups is 1. The van der Waals surface area contributed by atoms with Crippen molar-refractivity contribution in [2.24, 2.45) is 0 Å². The molecule has 2 N–H and O–H groups in total. The van der Waals surface area contributed by atoms with Crippen LogP contribution in [0.4, 0.5) is 9.18 Å². The summed E-state index contributed by atoms with van der Waals surface area (Å²) < 4.78 is 17.1. The Labute approximate surface area is 86.7 Å². The van der Waals surface area contributed by atoms with Gasteiger partial charge < -0.3 is 15.2 Å². The van der Waals surface area contributed by atoms with Crippen LogP contribution in [0, 0.1) is 5.82 Å². The molecule has 1 aromatic rings. The van der Waals surface area contributed by atoms with E-state index in [2.05, 4.69) is 10.1 Å². The quantitative estimate of drug-likeness (QED) is 0.785. The fourth-order valence-electron chi connectivity index (χ4n) is 0.966. The predicted octanol–water partition coefficient (Wildman–Crippen LogP) is 1.04. The van der Waals surface area contributed by atoms with Crippen LogP contribution in [0.3, 0.4) is 0 Å². The molecule has 82 valence electrons. The zero-order valence-electron chi connectivity index (χ0n) is 8.07. The Morgan fingerprint density at radius 2 is 2.07 bits per heavy atom. The molecule has 1 amide bonds. The van der Waals surface area contributed by atoms with Crippen molar-refractivity contribution in [3.63, 3.8) is 0 Å². The Hall–Kier alpha value is -1.62. The number of nitrogens with one attached hydrogen (secondary N) is 1. The lowest BCUT2D eigenvalue weighted by atomic mass is 10.2. The molecule has 0 aliphatic carbocycles. The summed E-state index contributed by atoms with van der Waals surface area (Å²) >= 11 is 0. The van der Waals surface area contributed by atoms with Gasteiger partial charge in [0.25, 0.3) is 0 Å². The lowest BCUT2D eigenvalue weighted by Gasteiger charge is -2.05. The number of benzene rings is 1. The van der Waals surface area contributed by atoms with Crippen molar-refractivity contribution in [1.82, 2.24) is 5.32 Å². The summed E-state index contributed by atoms with van der Waals surface area (Å²) in [7, 11) is 0. The highest BCUT2D eigenvalue weighted by molar-refractivity contribution is 5.67. The number of aliphatic hydroxyl groups is 1. The van der Waals surface area contributed by atoms with Crippen LogP contribution in [0.2, 0.25) is 0 Å². The Balaban J connectivity index is 2.30. The Bertz CT molecular complexity index is 313. The van der Waals surface area contributed by atoms with Crippen LogP contribution in [-0.2, 0) is 11.3 Å². The zero-order chi connectivity index (χ0) is 11.1. The highest BCUT2D eigenvalue weighted by Gasteiger charge is 2.00. The van der Waals surface area contributed by atoms with Gasteiger partial charge in [-0.15, -0.1) is 0 Å². The second-order valence-corrected chi connectivity index (χ2v) is 2.84. The summed E-state index contributed by atoms with van der Waals surface area (Å²) in [5.41, 5.74) is 0.775. The number of hydrogen-bond acceptors (Lipinski definition) is 3. The first-order chi connectivity index (χ1) is 7.22. The number of carbonyl (C=O) groups excluding carboxylic acids is 1. The maximum atomic E-state index is 12.5. The molecule has 0 aliphatic rings. The summed E-state index contributed by atoms with van der Waals surface area (Å²) in [5.74, 6) is -0.318. The van der Waals surface area contributed by atoms with Crippen molar-refractivity contribution in [2.45, 2.75) is 6.54 Å². The van der Waals surface area contributed by atoms with E-state index in [0.29, 0.717) is 0 Å². The molecule has 0 unspecified atom stereocenters. The van der Waals surface area contributed by atoms with Crippen molar-refractivity contribution >= 4 is 6.09 Å². The molecule has 0 aromatic heterocycles. The molecule has 0 radical (unpaired) electrons. The van der Waals surface area contributed by atoms with E-state index in [1.54, 1.807) is 12.1 Å². The first-order valence-electron chi connectivity index (χ1n) is 4.48. The minimum Gasteiger partial charge on any atom is -0.447 e. The third kappa shape index (κ3) is 4.42. The predicted molar refractivity (Wildman–Crippen MR) is 51.7 cm³/mol. The van der Waals surface area contributed by atoms with Crippen LogP contribution in [0.5, 0.6) is 0 Å². The SMILES string of the molecule is O=C(NCc1ccc(F)cc1)OCCO. The van der Waals surface area contributed by atoms with Gasteiger partial charge in [0.2, 0.25) is 0 Å². The van der Waals surface area contributed by atoms with E-state index in [-0.39, 0.29) is 25.6 Å². The lowest BCUT2D eigenvalue weighted by Crippen LogP contribution is -2.24. The Kier molecular flexibility index (Phi) is 4.56. The van der Waals surface area contributed by atoms with Crippen molar-refractivity contribution in [2.75, 3.05) is 13.2 Å². The Morgan fingerprint density at radius 1 is 1.40 bits per heavy atom. The van der Waals surface area contributed by atoms with Crippen molar-refractivity contribution < 1.29 is 19.0 Å². The monoisotopic (exact) mass is 213 g/mol. The van der Waals surface area contributed by atoms with E-state index in [1.165, 1.54) is 12.1 Å². The first-order valence-corrected chi connectivity index (χ1v) is 4.48. The van der Waals surface area contributed by atoms with E-state index < -0.39 is 6.09 Å². The summed E-state index contributed by atoms with van der Waals surface area (Å²) in [4.78, 5) is 10.9. The maximum Gasteiger partial charge on any atom is 0.407 e. The summed E-state index contributed by atoms with van der Waals surface area (Å²) in [5, 5.41) is 10.8. The number of rotatable bonds is 4. The van der Waals surface area contributed by atoms with Crippen LogP contribution in [-0.4, -0.2) is 24.4 Å². The molecule has 1 aromatic carbocycles. The molecule has 0 aliphatic heterocycles. The molecule has 0 heterocycles. The molecule has 0 fully saturated rings. The fraction of sp³-hybridized carbons (Fsp3) is 0.300. The average Bonchev–Trinajstić information content (AvgIpc) is 2.25. The van der Waals surface area contributed by atoms with E-state index in [0.717, 1.165) is 5.56 Å². The normalized spacial score (nSPS) is 9.73. The van der Waals surface area contributed by atoms with Gasteiger partial charge in [0.15, 0.2) is 0 Å². The minimum atomic E-state index is -0.603. The lowest BCUT2D eigenvalue weighted by molar-refractivity contribution is 0.119. The van der Waals surface area contributed by atoms with Crippen LogP contribution in [0.25, 0.3) is 0 Å². The van der Waals surface area contributed by atoms with Crippen LogP contribution in [0.15, 0.2) is 24.3 Å². The Morgan fingerprint density at radius 3 is 2.67 bits per heavy atom. The molecule has 0 saturated heterocycles. The number of ether oxygens (including phenoxy) is 1. The van der Waals surface area contributed by atoms with E-state index >= 15 is 0 Å². The van der Waals surface area contributed by atoms with Crippen LogP contribution in [0.1, 0.15) is 5.56 Å². The standard InChI is InChI=1S/C10H12FNO3/c11-9-3-1-8(2-4-9)7-12-10(14)15-6-5-13/h1-4,13H,5-7H2,(H,12,14). The molecule has 4 nitrogen and oxygen atoms in total. The van der Waals surface area contributed by atoms with E-state index in [9.17, 15) is 9.18 Å². The van der Waals surface area contributed by atoms with Gasteiger partial charge in [-0.3, -0.25) is 0 Å². The van der Waals surface area contributed by atoms with Gasteiger partial charge in [0.1, 0.15) is 12.4 Å². The first kappa shape index (κ1) is 11.5. The van der Waals surface area contributed by atoms with Gasteiger partial charge in [0.05, 0.1) is 6.61 Å². The van der Waals surface area contributed by atoms with Gasteiger partial charge in [-0.1, -0.05) is 12.1 Å². The third-order valence-corrected chi connectivity index (χ3v) is 1.67. The number of halogens is 1. The van der Waals surface area contributed by atoms with Crippen LogP contribution >= 0.6 is 0 Å². The minimum absolute atomic E-state index is 0.0325. The van der Waals surface area contributed by atoms with Crippen molar-refractivity contribution in [1.29, 1.82) is 0 Å². The van der Waals surface area contributed by atoms with Crippen molar-refractivity contribution in [3.05, 3.63) is 35.6 Å². The van der Waals surface area contributed by atoms with Crippen LogP contribution < -0.4 is 5.32 Å². The van der Waals surface area contributed by atoms with E-state index in [1.807, 2.05) is 0 Å². The molecular weight excluding hydrogens is 201 g/mol. The molecule has 0 spiro atoms. The summed E-state index contributed by atoms with van der Waals surface area (Å²) in [6.07, 6.45) is -0.603. The molecule has 0 atom stereocenters. The average molecular weight is 213 g/mol. The number of aliphatic hydroxyl groups excluding tert-OH is 1. The summed E-state index contributed by atoms with van der Waals surface area (Å²) in [6, 6.07) is 5.77. The van der Waals surface area contributed by atoms with Gasteiger partial charge in [-0.2, -0.15) is 0 Å². The molecule has 15 heavy (non-hydrogen) atoms. The highest BCUT2D eigenvalue weighted by atomic mass is 19.1. The smallest absolute Gasteiger partial charge is 0.407 e. The number of amides is 1. The topological polar surface area (TPSA) is 58.6 Å². The fourth-order valence-corrected chi connectivity index (χ4v) is 0.966. The number of alkyl carbamates (subject to hydrolysis) is 1. The molecule has 1 rings (SSSR count). The van der Waals surface area contributed by atoms with Gasteiger partial charge in [-0.25, -0.2) is 9.18 Å².